The second-order valence-corrected chi connectivity index (χ2v) is 3.39. The minimum absolute atomic E-state index is 0.0456. The van der Waals surface area contributed by atoms with Gasteiger partial charge in [0.05, 0.1) is 23.3 Å². The average Bonchev–Trinajstić information content (AvgIpc) is 2.72. The molecule has 4 heteroatoms. The molecular weight excluding hydrogens is 190 g/mol. The smallest absolute Gasteiger partial charge is 0.118 e. The van der Waals surface area contributed by atoms with Crippen molar-refractivity contribution in [1.29, 1.82) is 0 Å². The fourth-order valence-electron chi connectivity index (χ4n) is 1.73. The maximum atomic E-state index is 9.01. The highest BCUT2D eigenvalue weighted by atomic mass is 16.3. The van der Waals surface area contributed by atoms with E-state index in [9.17, 15) is 0 Å². The van der Waals surface area contributed by atoms with Gasteiger partial charge in [-0.05, 0) is 12.1 Å². The first-order chi connectivity index (χ1) is 7.38. The molecule has 0 aliphatic carbocycles. The van der Waals surface area contributed by atoms with Crippen molar-refractivity contribution in [2.24, 2.45) is 0 Å². The van der Waals surface area contributed by atoms with Crippen LogP contribution in [0.4, 0.5) is 0 Å². The van der Waals surface area contributed by atoms with Gasteiger partial charge in [0.1, 0.15) is 6.33 Å². The number of hydrogen-bond donors (Lipinski definition) is 1. The van der Waals surface area contributed by atoms with Crippen LogP contribution in [0.2, 0.25) is 0 Å². The molecule has 4 nitrogen and oxygen atoms in total. The van der Waals surface area contributed by atoms with Crippen LogP contribution in [0.25, 0.3) is 16.4 Å². The lowest BCUT2D eigenvalue weighted by Gasteiger charge is -1.97. The monoisotopic (exact) mass is 199 g/mol. The molecule has 0 amide bonds. The Bertz CT molecular complexity index is 630. The van der Waals surface area contributed by atoms with Crippen molar-refractivity contribution in [2.75, 3.05) is 0 Å². The van der Waals surface area contributed by atoms with Crippen molar-refractivity contribution in [3.05, 3.63) is 42.4 Å². The minimum Gasteiger partial charge on any atom is -0.390 e. The molecule has 0 unspecified atom stereocenters. The summed E-state index contributed by atoms with van der Waals surface area (Å²) in [5.41, 5.74) is 2.58. The summed E-state index contributed by atoms with van der Waals surface area (Å²) in [6.45, 7) is -0.0456. The quantitative estimate of drug-likeness (QED) is 0.644. The molecule has 0 fully saturated rings. The van der Waals surface area contributed by atoms with Crippen molar-refractivity contribution in [3.8, 4) is 0 Å². The number of para-hydroxylation sites is 1. The van der Waals surface area contributed by atoms with Crippen molar-refractivity contribution in [3.63, 3.8) is 0 Å². The van der Waals surface area contributed by atoms with Crippen LogP contribution in [0.3, 0.4) is 0 Å². The van der Waals surface area contributed by atoms with Gasteiger partial charge in [0.15, 0.2) is 0 Å². The number of aromatic nitrogens is 3. The fourth-order valence-corrected chi connectivity index (χ4v) is 1.73. The predicted molar refractivity (Wildman–Crippen MR) is 56.4 cm³/mol. The first-order valence-corrected chi connectivity index (χ1v) is 4.71. The Morgan fingerprint density at radius 2 is 2.13 bits per heavy atom. The topological polar surface area (TPSA) is 50.4 Å². The van der Waals surface area contributed by atoms with Crippen molar-refractivity contribution in [2.45, 2.75) is 6.61 Å². The van der Waals surface area contributed by atoms with E-state index in [4.69, 9.17) is 5.11 Å². The number of aliphatic hydroxyl groups excluding tert-OH is 1. The number of fused-ring (bicyclic) bond motifs is 3. The third-order valence-corrected chi connectivity index (χ3v) is 2.43. The molecule has 2 heterocycles. The molecule has 15 heavy (non-hydrogen) atoms. The summed E-state index contributed by atoms with van der Waals surface area (Å²) >= 11 is 0. The largest absolute Gasteiger partial charge is 0.390 e. The lowest BCUT2D eigenvalue weighted by molar-refractivity contribution is 0.276. The molecule has 0 spiro atoms. The van der Waals surface area contributed by atoms with Crippen LogP contribution >= 0.6 is 0 Å². The molecule has 0 bridgehead atoms. The molecule has 3 aromatic rings. The Labute approximate surface area is 85.8 Å². The third-order valence-electron chi connectivity index (χ3n) is 2.43. The van der Waals surface area contributed by atoms with Crippen LogP contribution in [-0.4, -0.2) is 19.7 Å². The molecule has 0 radical (unpaired) electrons. The first kappa shape index (κ1) is 8.38. The molecule has 0 aliphatic rings. The van der Waals surface area contributed by atoms with E-state index in [0.29, 0.717) is 5.69 Å². The van der Waals surface area contributed by atoms with Crippen LogP contribution in [0.15, 0.2) is 36.7 Å². The van der Waals surface area contributed by atoms with E-state index in [-0.39, 0.29) is 6.61 Å². The predicted octanol–water partition coefficient (Wildman–Crippen LogP) is 1.37. The Balaban J connectivity index is 2.47. The van der Waals surface area contributed by atoms with E-state index in [1.165, 1.54) is 0 Å². The van der Waals surface area contributed by atoms with E-state index in [0.717, 1.165) is 16.4 Å². The molecule has 2 aromatic heterocycles. The zero-order valence-electron chi connectivity index (χ0n) is 7.96. The summed E-state index contributed by atoms with van der Waals surface area (Å²) < 4.78 is 1.69. The molecule has 0 saturated heterocycles. The fraction of sp³-hybridized carbons (Fsp3) is 0.0909. The zero-order chi connectivity index (χ0) is 10.3. The molecular formula is C11H9N3O. The Morgan fingerprint density at radius 1 is 1.27 bits per heavy atom. The molecule has 0 saturated carbocycles. The van der Waals surface area contributed by atoms with E-state index in [1.54, 1.807) is 10.8 Å². The SMILES string of the molecule is OCc1cc2c3ccccc3ncn2n1. The standard InChI is InChI=1S/C11H9N3O/c15-6-8-5-11-9-3-1-2-4-10(9)12-7-14(11)13-8/h1-5,7,15H,6H2. The average molecular weight is 199 g/mol. The van der Waals surface area contributed by atoms with Gasteiger partial charge >= 0.3 is 0 Å². The Morgan fingerprint density at radius 3 is 3.00 bits per heavy atom. The van der Waals surface area contributed by atoms with Gasteiger partial charge in [0.25, 0.3) is 0 Å². The van der Waals surface area contributed by atoms with Crippen LogP contribution in [0, 0.1) is 0 Å². The van der Waals surface area contributed by atoms with Crippen molar-refractivity contribution >= 4 is 16.4 Å². The van der Waals surface area contributed by atoms with Crippen LogP contribution < -0.4 is 0 Å². The molecule has 0 aliphatic heterocycles. The highest BCUT2D eigenvalue weighted by Crippen LogP contribution is 2.18. The number of aliphatic hydroxyl groups is 1. The molecule has 74 valence electrons. The lowest BCUT2D eigenvalue weighted by Crippen LogP contribution is -1.91. The Kier molecular flexibility index (Phi) is 1.69. The summed E-state index contributed by atoms with van der Waals surface area (Å²) in [7, 11) is 0. The van der Waals surface area contributed by atoms with E-state index in [2.05, 4.69) is 10.1 Å². The normalized spacial score (nSPS) is 11.3. The van der Waals surface area contributed by atoms with Gasteiger partial charge in [-0.15, -0.1) is 0 Å². The summed E-state index contributed by atoms with van der Waals surface area (Å²) in [4.78, 5) is 4.28. The maximum Gasteiger partial charge on any atom is 0.118 e. The highest BCUT2D eigenvalue weighted by Gasteiger charge is 2.04. The molecule has 1 N–H and O–H groups in total. The number of benzene rings is 1. The molecule has 3 rings (SSSR count). The highest BCUT2D eigenvalue weighted by molar-refractivity contribution is 5.93. The van der Waals surface area contributed by atoms with Gasteiger partial charge in [0.2, 0.25) is 0 Å². The maximum absolute atomic E-state index is 9.01. The molecule has 1 aromatic carbocycles. The number of rotatable bonds is 1. The van der Waals surface area contributed by atoms with Crippen molar-refractivity contribution < 1.29 is 5.11 Å². The first-order valence-electron chi connectivity index (χ1n) is 4.71. The van der Waals surface area contributed by atoms with Crippen LogP contribution in [0.5, 0.6) is 0 Å². The zero-order valence-corrected chi connectivity index (χ0v) is 7.96. The second-order valence-electron chi connectivity index (χ2n) is 3.39. The molecule has 0 atom stereocenters. The summed E-state index contributed by atoms with van der Waals surface area (Å²) in [5, 5.41) is 14.2. The van der Waals surface area contributed by atoms with E-state index >= 15 is 0 Å². The Hall–Kier alpha value is -1.94. The summed E-state index contributed by atoms with van der Waals surface area (Å²) in [6.07, 6.45) is 1.66. The second kappa shape index (κ2) is 3.03. The number of nitrogens with zero attached hydrogens (tertiary/aromatic N) is 3. The van der Waals surface area contributed by atoms with Gasteiger partial charge < -0.3 is 5.11 Å². The lowest BCUT2D eigenvalue weighted by atomic mass is 10.2. The van der Waals surface area contributed by atoms with Crippen LogP contribution in [0.1, 0.15) is 5.69 Å². The van der Waals surface area contributed by atoms with E-state index in [1.807, 2.05) is 30.3 Å². The van der Waals surface area contributed by atoms with E-state index < -0.39 is 0 Å². The van der Waals surface area contributed by atoms with Gasteiger partial charge in [0, 0.05) is 5.39 Å². The number of hydrogen-bond acceptors (Lipinski definition) is 3. The summed E-state index contributed by atoms with van der Waals surface area (Å²) in [6, 6.07) is 9.76. The third kappa shape index (κ3) is 1.19. The summed E-state index contributed by atoms with van der Waals surface area (Å²) in [5.74, 6) is 0. The van der Waals surface area contributed by atoms with Crippen molar-refractivity contribution in [1.82, 2.24) is 14.6 Å². The van der Waals surface area contributed by atoms with Gasteiger partial charge in [-0.2, -0.15) is 5.10 Å². The van der Waals surface area contributed by atoms with Crippen LogP contribution in [-0.2, 0) is 6.61 Å². The van der Waals surface area contributed by atoms with Gasteiger partial charge in [-0.1, -0.05) is 18.2 Å². The minimum atomic E-state index is -0.0456. The van der Waals surface area contributed by atoms with Gasteiger partial charge in [-0.3, -0.25) is 0 Å². The van der Waals surface area contributed by atoms with Gasteiger partial charge in [-0.25, -0.2) is 9.50 Å².